The summed E-state index contributed by atoms with van der Waals surface area (Å²) < 4.78 is 5.23. The highest BCUT2D eigenvalue weighted by Gasteiger charge is 2.09. The Hall–Kier alpha value is -2.88. The van der Waals surface area contributed by atoms with Gasteiger partial charge in [0, 0.05) is 17.4 Å². The van der Waals surface area contributed by atoms with E-state index in [1.54, 1.807) is 7.11 Å². The number of rotatable bonds is 6. The lowest BCUT2D eigenvalue weighted by molar-refractivity contribution is 0.415. The van der Waals surface area contributed by atoms with Gasteiger partial charge in [-0.15, -0.1) is 0 Å². The molecule has 0 bridgehead atoms. The second kappa shape index (κ2) is 7.59. The van der Waals surface area contributed by atoms with Crippen molar-refractivity contribution in [2.75, 3.05) is 12.4 Å². The standard InChI is InChI=1S/C20H21N3O/c1-3-7-19-18(15-10-12-17(24-2)13-11-15)14-21-20(23-19)22-16-8-5-4-6-9-16/h4-6,8-14H,3,7H2,1-2H3,(H,21,22,23). The summed E-state index contributed by atoms with van der Waals surface area (Å²) >= 11 is 0. The Kier molecular flexibility index (Phi) is 5.06. The predicted molar refractivity (Wildman–Crippen MR) is 97.7 cm³/mol. The minimum atomic E-state index is 0.627. The smallest absolute Gasteiger partial charge is 0.227 e. The van der Waals surface area contributed by atoms with Gasteiger partial charge >= 0.3 is 0 Å². The van der Waals surface area contributed by atoms with Crippen LogP contribution in [0.4, 0.5) is 11.6 Å². The number of nitrogens with one attached hydrogen (secondary N) is 1. The van der Waals surface area contributed by atoms with Crippen molar-refractivity contribution < 1.29 is 4.74 Å². The van der Waals surface area contributed by atoms with Gasteiger partial charge < -0.3 is 10.1 Å². The van der Waals surface area contributed by atoms with Gasteiger partial charge in [-0.1, -0.05) is 43.7 Å². The van der Waals surface area contributed by atoms with E-state index in [0.29, 0.717) is 5.95 Å². The highest BCUT2D eigenvalue weighted by Crippen LogP contribution is 2.26. The van der Waals surface area contributed by atoms with E-state index in [-0.39, 0.29) is 0 Å². The molecule has 0 amide bonds. The Labute approximate surface area is 142 Å². The summed E-state index contributed by atoms with van der Waals surface area (Å²) in [4.78, 5) is 9.21. The molecule has 0 spiro atoms. The van der Waals surface area contributed by atoms with Crippen LogP contribution in [0, 0.1) is 0 Å². The zero-order valence-corrected chi connectivity index (χ0v) is 14.0. The maximum absolute atomic E-state index is 5.23. The van der Waals surface area contributed by atoms with Gasteiger partial charge in [-0.25, -0.2) is 9.97 Å². The van der Waals surface area contributed by atoms with Gasteiger partial charge in [-0.05, 0) is 36.2 Å². The lowest BCUT2D eigenvalue weighted by Gasteiger charge is -2.11. The molecule has 0 unspecified atom stereocenters. The number of methoxy groups -OCH3 is 1. The molecular weight excluding hydrogens is 298 g/mol. The summed E-state index contributed by atoms with van der Waals surface area (Å²) in [6, 6.07) is 18.0. The molecule has 0 aliphatic carbocycles. The van der Waals surface area contributed by atoms with Crippen molar-refractivity contribution in [3.05, 3.63) is 66.5 Å². The molecule has 122 valence electrons. The molecule has 0 aliphatic rings. The van der Waals surface area contributed by atoms with Crippen LogP contribution in [-0.4, -0.2) is 17.1 Å². The van der Waals surface area contributed by atoms with Crippen LogP contribution in [0.1, 0.15) is 19.0 Å². The predicted octanol–water partition coefficient (Wildman–Crippen LogP) is 4.85. The second-order valence-electron chi connectivity index (χ2n) is 5.52. The van der Waals surface area contributed by atoms with Crippen molar-refractivity contribution in [1.29, 1.82) is 0 Å². The minimum Gasteiger partial charge on any atom is -0.497 e. The van der Waals surface area contributed by atoms with Crippen LogP contribution in [0.2, 0.25) is 0 Å². The van der Waals surface area contributed by atoms with Crippen LogP contribution in [0.15, 0.2) is 60.8 Å². The third-order valence-corrected chi connectivity index (χ3v) is 3.79. The Morgan fingerprint density at radius 3 is 2.42 bits per heavy atom. The van der Waals surface area contributed by atoms with Crippen molar-refractivity contribution in [3.63, 3.8) is 0 Å². The average Bonchev–Trinajstić information content (AvgIpc) is 2.63. The first-order chi connectivity index (χ1) is 11.8. The molecule has 1 N–H and O–H groups in total. The Morgan fingerprint density at radius 2 is 1.75 bits per heavy atom. The van der Waals surface area contributed by atoms with Crippen molar-refractivity contribution in [3.8, 4) is 16.9 Å². The fourth-order valence-corrected chi connectivity index (χ4v) is 2.57. The highest BCUT2D eigenvalue weighted by molar-refractivity contribution is 5.67. The summed E-state index contributed by atoms with van der Waals surface area (Å²) in [5.74, 6) is 1.47. The number of hydrogen-bond donors (Lipinski definition) is 1. The molecule has 0 radical (unpaired) electrons. The summed E-state index contributed by atoms with van der Waals surface area (Å²) in [5.41, 5.74) is 4.21. The molecule has 0 aliphatic heterocycles. The van der Waals surface area contributed by atoms with E-state index >= 15 is 0 Å². The Bertz CT molecular complexity index is 786. The molecule has 0 fully saturated rings. The van der Waals surface area contributed by atoms with Crippen LogP contribution in [0.25, 0.3) is 11.1 Å². The van der Waals surface area contributed by atoms with Crippen LogP contribution < -0.4 is 10.1 Å². The molecule has 3 rings (SSSR count). The summed E-state index contributed by atoms with van der Waals surface area (Å²) in [6.07, 6.45) is 3.84. The van der Waals surface area contributed by atoms with Crippen molar-refractivity contribution in [2.45, 2.75) is 19.8 Å². The number of para-hydroxylation sites is 1. The molecule has 3 aromatic rings. The Morgan fingerprint density at radius 1 is 1.00 bits per heavy atom. The Balaban J connectivity index is 1.91. The average molecular weight is 319 g/mol. The number of hydrogen-bond acceptors (Lipinski definition) is 4. The zero-order chi connectivity index (χ0) is 16.8. The largest absolute Gasteiger partial charge is 0.497 e. The number of aromatic nitrogens is 2. The van der Waals surface area contributed by atoms with Crippen molar-refractivity contribution >= 4 is 11.6 Å². The monoisotopic (exact) mass is 319 g/mol. The number of benzene rings is 2. The molecule has 4 heteroatoms. The maximum Gasteiger partial charge on any atom is 0.227 e. The summed E-state index contributed by atoms with van der Waals surface area (Å²) in [7, 11) is 1.67. The van der Waals surface area contributed by atoms with Crippen LogP contribution in [0.5, 0.6) is 5.75 Å². The van der Waals surface area contributed by atoms with Gasteiger partial charge in [-0.3, -0.25) is 0 Å². The maximum atomic E-state index is 5.23. The zero-order valence-electron chi connectivity index (χ0n) is 14.0. The minimum absolute atomic E-state index is 0.627. The topological polar surface area (TPSA) is 47.0 Å². The van der Waals surface area contributed by atoms with Crippen LogP contribution >= 0.6 is 0 Å². The van der Waals surface area contributed by atoms with E-state index in [1.807, 2.05) is 60.8 Å². The summed E-state index contributed by atoms with van der Waals surface area (Å²) in [5, 5.41) is 3.26. The first-order valence-electron chi connectivity index (χ1n) is 8.12. The molecule has 2 aromatic carbocycles. The quantitative estimate of drug-likeness (QED) is 0.705. The molecule has 0 saturated carbocycles. The number of nitrogens with zero attached hydrogens (tertiary/aromatic N) is 2. The van der Waals surface area contributed by atoms with Gasteiger partial charge in [0.2, 0.25) is 5.95 Å². The third kappa shape index (κ3) is 3.71. The number of aryl methyl sites for hydroxylation is 1. The van der Waals surface area contributed by atoms with E-state index in [1.165, 1.54) is 0 Å². The lowest BCUT2D eigenvalue weighted by atomic mass is 10.0. The molecule has 1 aromatic heterocycles. The lowest BCUT2D eigenvalue weighted by Crippen LogP contribution is -2.02. The van der Waals surface area contributed by atoms with Gasteiger partial charge in [-0.2, -0.15) is 0 Å². The first-order valence-corrected chi connectivity index (χ1v) is 8.12. The van der Waals surface area contributed by atoms with E-state index < -0.39 is 0 Å². The second-order valence-corrected chi connectivity index (χ2v) is 5.52. The third-order valence-electron chi connectivity index (χ3n) is 3.79. The van der Waals surface area contributed by atoms with E-state index in [9.17, 15) is 0 Å². The molecule has 4 nitrogen and oxygen atoms in total. The van der Waals surface area contributed by atoms with E-state index in [0.717, 1.165) is 41.1 Å². The van der Waals surface area contributed by atoms with Gasteiger partial charge in [0.1, 0.15) is 5.75 Å². The van der Waals surface area contributed by atoms with Gasteiger partial charge in [0.25, 0.3) is 0 Å². The molecule has 0 saturated heterocycles. The van der Waals surface area contributed by atoms with Crippen LogP contribution in [-0.2, 0) is 6.42 Å². The molecule has 0 atom stereocenters. The SMILES string of the molecule is CCCc1nc(Nc2ccccc2)ncc1-c1ccc(OC)cc1. The normalized spacial score (nSPS) is 10.4. The first kappa shape index (κ1) is 16.0. The van der Waals surface area contributed by atoms with Crippen molar-refractivity contribution in [2.24, 2.45) is 0 Å². The fourth-order valence-electron chi connectivity index (χ4n) is 2.57. The fraction of sp³-hybridized carbons (Fsp3) is 0.200. The number of ether oxygens (including phenoxy) is 1. The highest BCUT2D eigenvalue weighted by atomic mass is 16.5. The number of anilines is 2. The van der Waals surface area contributed by atoms with E-state index in [4.69, 9.17) is 9.72 Å². The van der Waals surface area contributed by atoms with Crippen molar-refractivity contribution in [1.82, 2.24) is 9.97 Å². The summed E-state index contributed by atoms with van der Waals surface area (Å²) in [6.45, 7) is 2.16. The molecular formula is C20H21N3O. The van der Waals surface area contributed by atoms with Gasteiger partial charge in [0.15, 0.2) is 0 Å². The molecule has 24 heavy (non-hydrogen) atoms. The van der Waals surface area contributed by atoms with E-state index in [2.05, 4.69) is 17.2 Å². The van der Waals surface area contributed by atoms with Gasteiger partial charge in [0.05, 0.1) is 12.8 Å². The molecule has 1 heterocycles. The van der Waals surface area contributed by atoms with Crippen LogP contribution in [0.3, 0.4) is 0 Å².